The highest BCUT2D eigenvalue weighted by atomic mass is 35.5. The number of halogens is 1. The normalized spacial score (nSPS) is 13.7. The molecule has 32 heavy (non-hydrogen) atoms. The van der Waals surface area contributed by atoms with Crippen molar-refractivity contribution in [2.45, 2.75) is 51.7 Å². The summed E-state index contributed by atoms with van der Waals surface area (Å²) in [5, 5.41) is 30.7. The van der Waals surface area contributed by atoms with Gasteiger partial charge in [-0.25, -0.2) is 0 Å². The Morgan fingerprint density at radius 2 is 1.81 bits per heavy atom. The molecule has 0 aliphatic carbocycles. The molecule has 168 valence electrons. The molecule has 0 bridgehead atoms. The Morgan fingerprint density at radius 3 is 2.44 bits per heavy atom. The maximum atomic E-state index is 10.8. The fourth-order valence-electron chi connectivity index (χ4n) is 3.80. The molecule has 2 unspecified atom stereocenters. The third kappa shape index (κ3) is 5.74. The summed E-state index contributed by atoms with van der Waals surface area (Å²) in [7, 11) is 0. The smallest absolute Gasteiger partial charge is 0.305 e. The van der Waals surface area contributed by atoms with Gasteiger partial charge in [-0.3, -0.25) is 9.78 Å². The molecule has 5 nitrogen and oxygen atoms in total. The largest absolute Gasteiger partial charge is 0.481 e. The van der Waals surface area contributed by atoms with Gasteiger partial charge in [0.1, 0.15) is 0 Å². The van der Waals surface area contributed by atoms with Gasteiger partial charge in [0, 0.05) is 28.0 Å². The predicted molar refractivity (Wildman–Crippen MR) is 129 cm³/mol. The molecule has 6 heteroatoms. The Bertz CT molecular complexity index is 1140. The molecular formula is C26H28ClNO4. The van der Waals surface area contributed by atoms with Crippen molar-refractivity contribution in [3.8, 4) is 11.1 Å². The third-order valence-electron chi connectivity index (χ3n) is 5.30. The number of carbonyl (C=O) groups is 1. The molecule has 0 aliphatic rings. The number of hydrogen-bond donors (Lipinski definition) is 3. The number of aryl methyl sites for hydroxylation is 1. The second-order valence-electron chi connectivity index (χ2n) is 8.38. The van der Waals surface area contributed by atoms with E-state index < -0.39 is 24.6 Å². The number of carboxylic acid groups (broad SMARTS) is 1. The maximum Gasteiger partial charge on any atom is 0.305 e. The van der Waals surface area contributed by atoms with Crippen LogP contribution in [0.25, 0.3) is 28.1 Å². The summed E-state index contributed by atoms with van der Waals surface area (Å²) in [6.07, 6.45) is 0.840. The van der Waals surface area contributed by atoms with Crippen LogP contribution in [-0.4, -0.2) is 38.5 Å². The zero-order chi connectivity index (χ0) is 23.4. The minimum absolute atomic E-state index is 0.0593. The van der Waals surface area contributed by atoms with Gasteiger partial charge in [0.2, 0.25) is 0 Å². The quantitative estimate of drug-likeness (QED) is 0.413. The Balaban J connectivity index is 2.16. The molecule has 1 aromatic heterocycles. The molecule has 3 rings (SSSR count). The molecular weight excluding hydrogens is 426 g/mol. The molecule has 0 saturated carbocycles. The minimum atomic E-state index is -1.12. The Morgan fingerprint density at radius 1 is 1.12 bits per heavy atom. The number of aliphatic carboxylic acids is 1. The molecule has 0 saturated heterocycles. The number of carboxylic acids is 1. The van der Waals surface area contributed by atoms with Crippen LogP contribution in [0.2, 0.25) is 5.02 Å². The van der Waals surface area contributed by atoms with Gasteiger partial charge in [-0.2, -0.15) is 0 Å². The number of benzene rings is 2. The van der Waals surface area contributed by atoms with Gasteiger partial charge in [0.05, 0.1) is 29.8 Å². The highest BCUT2D eigenvalue weighted by molar-refractivity contribution is 6.30. The maximum absolute atomic E-state index is 10.8. The number of aliphatic hydroxyl groups is 2. The van der Waals surface area contributed by atoms with Crippen LogP contribution in [0.5, 0.6) is 0 Å². The number of rotatable bonds is 8. The molecule has 3 N–H and O–H groups in total. The van der Waals surface area contributed by atoms with Crippen molar-refractivity contribution in [3.05, 3.63) is 70.4 Å². The fourth-order valence-corrected chi connectivity index (χ4v) is 3.92. The van der Waals surface area contributed by atoms with E-state index in [4.69, 9.17) is 21.7 Å². The number of nitrogens with zero attached hydrogens (tertiary/aromatic N) is 1. The Hall–Kier alpha value is -2.73. The zero-order valence-electron chi connectivity index (χ0n) is 18.4. The van der Waals surface area contributed by atoms with Crippen molar-refractivity contribution in [2.24, 2.45) is 0 Å². The van der Waals surface area contributed by atoms with Gasteiger partial charge in [0.15, 0.2) is 0 Å². The summed E-state index contributed by atoms with van der Waals surface area (Å²) in [5.74, 6) is -0.976. The second kappa shape index (κ2) is 10.3. The van der Waals surface area contributed by atoms with E-state index in [1.54, 1.807) is 6.08 Å². The fraction of sp³-hybridized carbons (Fsp3) is 0.308. The lowest BCUT2D eigenvalue weighted by Gasteiger charge is -2.19. The molecule has 2 atom stereocenters. The lowest BCUT2D eigenvalue weighted by Crippen LogP contribution is -2.19. The lowest BCUT2D eigenvalue weighted by molar-refractivity contribution is -0.139. The van der Waals surface area contributed by atoms with Crippen LogP contribution in [0.3, 0.4) is 0 Å². The zero-order valence-corrected chi connectivity index (χ0v) is 19.2. The van der Waals surface area contributed by atoms with E-state index in [0.717, 1.165) is 38.9 Å². The van der Waals surface area contributed by atoms with E-state index in [1.807, 2.05) is 49.4 Å². The summed E-state index contributed by atoms with van der Waals surface area (Å²) >= 11 is 6.13. The molecule has 0 aliphatic heterocycles. The Kier molecular flexibility index (Phi) is 7.67. The van der Waals surface area contributed by atoms with Gasteiger partial charge in [-0.1, -0.05) is 61.4 Å². The van der Waals surface area contributed by atoms with Crippen LogP contribution in [0.4, 0.5) is 0 Å². The van der Waals surface area contributed by atoms with Gasteiger partial charge in [0.25, 0.3) is 0 Å². The van der Waals surface area contributed by atoms with E-state index >= 15 is 0 Å². The number of hydrogen-bond acceptors (Lipinski definition) is 4. The topological polar surface area (TPSA) is 90.7 Å². The Labute approximate surface area is 193 Å². The van der Waals surface area contributed by atoms with E-state index in [2.05, 4.69) is 19.9 Å². The van der Waals surface area contributed by atoms with Crippen LogP contribution in [0, 0.1) is 6.92 Å². The van der Waals surface area contributed by atoms with Crippen LogP contribution in [-0.2, 0) is 4.79 Å². The van der Waals surface area contributed by atoms with Crippen LogP contribution < -0.4 is 0 Å². The van der Waals surface area contributed by atoms with Crippen LogP contribution in [0.1, 0.15) is 49.4 Å². The van der Waals surface area contributed by atoms with Crippen molar-refractivity contribution in [1.82, 2.24) is 4.98 Å². The first-order valence-corrected chi connectivity index (χ1v) is 11.0. The van der Waals surface area contributed by atoms with E-state index in [1.165, 1.54) is 0 Å². The summed E-state index contributed by atoms with van der Waals surface area (Å²) in [5.41, 5.74) is 5.74. The van der Waals surface area contributed by atoms with E-state index in [-0.39, 0.29) is 12.3 Å². The van der Waals surface area contributed by atoms with Crippen LogP contribution >= 0.6 is 11.6 Å². The minimum Gasteiger partial charge on any atom is -0.481 e. The van der Waals surface area contributed by atoms with Gasteiger partial charge in [-0.05, 0) is 42.7 Å². The van der Waals surface area contributed by atoms with Gasteiger partial charge in [-0.15, -0.1) is 0 Å². The average molecular weight is 454 g/mol. The number of aromatic nitrogens is 1. The summed E-state index contributed by atoms with van der Waals surface area (Å²) in [6, 6.07) is 13.8. The first kappa shape index (κ1) is 23.9. The molecule has 0 radical (unpaired) electrons. The summed E-state index contributed by atoms with van der Waals surface area (Å²) in [6.45, 7) is 6.17. The first-order chi connectivity index (χ1) is 15.2. The summed E-state index contributed by atoms with van der Waals surface area (Å²) < 4.78 is 0. The number of aliphatic hydroxyl groups excluding tert-OH is 2. The average Bonchev–Trinajstić information content (AvgIpc) is 2.71. The lowest BCUT2D eigenvalue weighted by atomic mass is 9.90. The van der Waals surface area contributed by atoms with Crippen LogP contribution in [0.15, 0.2) is 48.5 Å². The predicted octanol–water partition coefficient (Wildman–Crippen LogP) is 5.59. The van der Waals surface area contributed by atoms with Crippen molar-refractivity contribution >= 4 is 34.5 Å². The van der Waals surface area contributed by atoms with E-state index in [0.29, 0.717) is 5.02 Å². The standard InChI is InChI=1S/C26H28ClNO4/c1-15(2)26-21(10-9-19(29)13-20(30)14-24(31)32)25(17-5-7-18(27)8-6-17)22-12-16(3)4-11-23(22)28-26/h4-12,15,19-20,29-30H,13-14H2,1-3H3,(H,31,32)/b10-9+. The van der Waals surface area contributed by atoms with Crippen molar-refractivity contribution < 1.29 is 20.1 Å². The van der Waals surface area contributed by atoms with Crippen molar-refractivity contribution in [1.29, 1.82) is 0 Å². The molecule has 3 aromatic rings. The molecule has 0 fully saturated rings. The molecule has 0 amide bonds. The molecule has 2 aromatic carbocycles. The van der Waals surface area contributed by atoms with Gasteiger partial charge >= 0.3 is 5.97 Å². The monoisotopic (exact) mass is 453 g/mol. The third-order valence-corrected chi connectivity index (χ3v) is 5.55. The second-order valence-corrected chi connectivity index (χ2v) is 8.82. The first-order valence-electron chi connectivity index (χ1n) is 10.6. The number of fused-ring (bicyclic) bond motifs is 1. The summed E-state index contributed by atoms with van der Waals surface area (Å²) in [4.78, 5) is 15.7. The highest BCUT2D eigenvalue weighted by Crippen LogP contribution is 2.37. The molecule has 0 spiro atoms. The molecule has 1 heterocycles. The van der Waals surface area contributed by atoms with Crippen molar-refractivity contribution in [3.63, 3.8) is 0 Å². The van der Waals surface area contributed by atoms with Crippen molar-refractivity contribution in [2.75, 3.05) is 0 Å². The van der Waals surface area contributed by atoms with Gasteiger partial charge < -0.3 is 15.3 Å². The number of pyridine rings is 1. The van der Waals surface area contributed by atoms with E-state index in [9.17, 15) is 15.0 Å². The highest BCUT2D eigenvalue weighted by Gasteiger charge is 2.18. The SMILES string of the molecule is Cc1ccc2nc(C(C)C)c(/C=C/C(O)CC(O)CC(=O)O)c(-c3ccc(Cl)cc3)c2c1.